The minimum absolute atomic E-state index is 0.180. The zero-order valence-electron chi connectivity index (χ0n) is 12.6. The molecule has 0 saturated heterocycles. The lowest BCUT2D eigenvalue weighted by atomic mass is 9.89. The molecular weight excluding hydrogens is 332 g/mol. The number of hydrogen-bond acceptors (Lipinski definition) is 0. The molecule has 1 atom stereocenters. The Morgan fingerprint density at radius 3 is 1.95 bits per heavy atom. The SMILES string of the molecule is Cc1ccc(Cl)cc1C(Br)c1c(C)c(C)cc(C)c1C. The fraction of sp³-hybridized carbons (Fsp3) is 0.333. The molecule has 0 aliphatic heterocycles. The number of rotatable bonds is 2. The lowest BCUT2D eigenvalue weighted by Gasteiger charge is -2.21. The summed E-state index contributed by atoms with van der Waals surface area (Å²) in [7, 11) is 0. The van der Waals surface area contributed by atoms with Gasteiger partial charge in [0.15, 0.2) is 0 Å². The molecular formula is C18H20BrCl. The predicted molar refractivity (Wildman–Crippen MR) is 92.3 cm³/mol. The molecule has 0 heterocycles. The molecule has 2 heteroatoms. The van der Waals surface area contributed by atoms with Crippen LogP contribution >= 0.6 is 27.5 Å². The van der Waals surface area contributed by atoms with Crippen molar-refractivity contribution in [3.63, 3.8) is 0 Å². The molecule has 0 bridgehead atoms. The van der Waals surface area contributed by atoms with Crippen LogP contribution in [-0.4, -0.2) is 0 Å². The molecule has 1 unspecified atom stereocenters. The van der Waals surface area contributed by atoms with E-state index in [2.05, 4.69) is 68.7 Å². The summed E-state index contributed by atoms with van der Waals surface area (Å²) in [6.07, 6.45) is 0. The van der Waals surface area contributed by atoms with Crippen molar-refractivity contribution in [2.75, 3.05) is 0 Å². The first-order valence-electron chi connectivity index (χ1n) is 6.80. The predicted octanol–water partition coefficient (Wildman–Crippen LogP) is 6.37. The second-order valence-electron chi connectivity index (χ2n) is 5.54. The van der Waals surface area contributed by atoms with Crippen LogP contribution in [0, 0.1) is 34.6 Å². The minimum Gasteiger partial charge on any atom is -0.0843 e. The van der Waals surface area contributed by atoms with Gasteiger partial charge in [0.1, 0.15) is 0 Å². The van der Waals surface area contributed by atoms with E-state index in [-0.39, 0.29) is 4.83 Å². The van der Waals surface area contributed by atoms with E-state index >= 15 is 0 Å². The van der Waals surface area contributed by atoms with Crippen LogP contribution in [0.15, 0.2) is 24.3 Å². The minimum atomic E-state index is 0.180. The van der Waals surface area contributed by atoms with Gasteiger partial charge in [0.05, 0.1) is 4.83 Å². The molecule has 2 aromatic carbocycles. The molecule has 0 fully saturated rings. The molecule has 0 saturated carbocycles. The van der Waals surface area contributed by atoms with E-state index in [1.165, 1.54) is 38.9 Å². The van der Waals surface area contributed by atoms with Crippen molar-refractivity contribution in [1.29, 1.82) is 0 Å². The first-order chi connectivity index (χ1) is 9.32. The third kappa shape index (κ3) is 2.80. The van der Waals surface area contributed by atoms with Crippen LogP contribution in [0.5, 0.6) is 0 Å². The molecule has 0 amide bonds. The lowest BCUT2D eigenvalue weighted by molar-refractivity contribution is 1.06. The third-order valence-corrected chi connectivity index (χ3v) is 5.38. The van der Waals surface area contributed by atoms with Gasteiger partial charge in [0.25, 0.3) is 0 Å². The van der Waals surface area contributed by atoms with Crippen LogP contribution in [0.25, 0.3) is 0 Å². The van der Waals surface area contributed by atoms with E-state index in [0.29, 0.717) is 0 Å². The highest BCUT2D eigenvalue weighted by molar-refractivity contribution is 9.09. The molecule has 20 heavy (non-hydrogen) atoms. The van der Waals surface area contributed by atoms with Crippen molar-refractivity contribution in [3.05, 3.63) is 68.2 Å². The summed E-state index contributed by atoms with van der Waals surface area (Å²) in [4.78, 5) is 0.180. The quantitative estimate of drug-likeness (QED) is 0.552. The van der Waals surface area contributed by atoms with E-state index in [1.807, 2.05) is 6.07 Å². The third-order valence-electron chi connectivity index (χ3n) is 4.19. The topological polar surface area (TPSA) is 0 Å². The van der Waals surface area contributed by atoms with Crippen molar-refractivity contribution in [2.45, 2.75) is 39.4 Å². The van der Waals surface area contributed by atoms with Gasteiger partial charge in [-0.05, 0) is 85.7 Å². The Kier molecular flexibility index (Phi) is 4.61. The molecule has 0 N–H and O–H groups in total. The first-order valence-corrected chi connectivity index (χ1v) is 8.09. The highest BCUT2D eigenvalue weighted by atomic mass is 79.9. The van der Waals surface area contributed by atoms with Crippen LogP contribution in [0.1, 0.15) is 43.8 Å². The molecule has 0 aliphatic carbocycles. The smallest absolute Gasteiger partial charge is 0.0652 e. The van der Waals surface area contributed by atoms with Crippen LogP contribution in [0.2, 0.25) is 5.02 Å². The van der Waals surface area contributed by atoms with Gasteiger partial charge in [-0.2, -0.15) is 0 Å². The van der Waals surface area contributed by atoms with E-state index in [1.54, 1.807) is 0 Å². The average molecular weight is 352 g/mol. The van der Waals surface area contributed by atoms with Crippen molar-refractivity contribution < 1.29 is 0 Å². The number of halogens is 2. The molecule has 2 rings (SSSR count). The van der Waals surface area contributed by atoms with Gasteiger partial charge in [0.2, 0.25) is 0 Å². The van der Waals surface area contributed by atoms with Crippen LogP contribution in [-0.2, 0) is 0 Å². The Morgan fingerprint density at radius 2 is 1.40 bits per heavy atom. The maximum Gasteiger partial charge on any atom is 0.0652 e. The largest absolute Gasteiger partial charge is 0.0843 e. The Bertz CT molecular complexity index is 633. The number of aryl methyl sites for hydroxylation is 3. The van der Waals surface area contributed by atoms with Crippen LogP contribution in [0.4, 0.5) is 0 Å². The first kappa shape index (κ1) is 15.6. The Labute approximate surface area is 135 Å². The Balaban J connectivity index is 2.65. The highest BCUT2D eigenvalue weighted by Crippen LogP contribution is 2.39. The van der Waals surface area contributed by atoms with Crippen molar-refractivity contribution in [2.24, 2.45) is 0 Å². The summed E-state index contributed by atoms with van der Waals surface area (Å²) in [6, 6.07) is 8.35. The zero-order valence-corrected chi connectivity index (χ0v) is 15.0. The van der Waals surface area contributed by atoms with Crippen LogP contribution < -0.4 is 0 Å². The van der Waals surface area contributed by atoms with Gasteiger partial charge >= 0.3 is 0 Å². The van der Waals surface area contributed by atoms with E-state index in [4.69, 9.17) is 11.6 Å². The molecule has 0 nitrogen and oxygen atoms in total. The van der Waals surface area contributed by atoms with Crippen molar-refractivity contribution in [1.82, 2.24) is 0 Å². The van der Waals surface area contributed by atoms with Gasteiger partial charge < -0.3 is 0 Å². The molecule has 2 aromatic rings. The van der Waals surface area contributed by atoms with E-state index in [9.17, 15) is 0 Å². The molecule has 106 valence electrons. The van der Waals surface area contributed by atoms with Gasteiger partial charge in [0, 0.05) is 5.02 Å². The zero-order chi connectivity index (χ0) is 15.0. The number of alkyl halides is 1. The summed E-state index contributed by atoms with van der Waals surface area (Å²) >= 11 is 10.1. The van der Waals surface area contributed by atoms with Gasteiger partial charge in [-0.1, -0.05) is 39.7 Å². The Hall–Kier alpha value is -0.790. The lowest BCUT2D eigenvalue weighted by Crippen LogP contribution is -2.04. The fourth-order valence-corrected chi connectivity index (χ4v) is 4.03. The summed E-state index contributed by atoms with van der Waals surface area (Å²) in [5.74, 6) is 0. The summed E-state index contributed by atoms with van der Waals surface area (Å²) in [6.45, 7) is 10.9. The highest BCUT2D eigenvalue weighted by Gasteiger charge is 2.19. The normalized spacial score (nSPS) is 12.6. The second kappa shape index (κ2) is 5.91. The summed E-state index contributed by atoms with van der Waals surface area (Å²) < 4.78 is 0. The van der Waals surface area contributed by atoms with Crippen molar-refractivity contribution >= 4 is 27.5 Å². The monoisotopic (exact) mass is 350 g/mol. The van der Waals surface area contributed by atoms with Crippen molar-refractivity contribution in [3.8, 4) is 0 Å². The maximum absolute atomic E-state index is 6.17. The number of benzene rings is 2. The van der Waals surface area contributed by atoms with Gasteiger partial charge in [-0.15, -0.1) is 0 Å². The molecule has 0 aromatic heterocycles. The average Bonchev–Trinajstić information content (AvgIpc) is 2.39. The van der Waals surface area contributed by atoms with Gasteiger partial charge in [-0.25, -0.2) is 0 Å². The van der Waals surface area contributed by atoms with E-state index in [0.717, 1.165) is 5.02 Å². The molecule has 0 aliphatic rings. The summed E-state index contributed by atoms with van der Waals surface area (Å²) in [5, 5.41) is 0.787. The molecule has 0 radical (unpaired) electrons. The van der Waals surface area contributed by atoms with Crippen LogP contribution in [0.3, 0.4) is 0 Å². The standard InChI is InChI=1S/C18H20BrCl/c1-10-6-7-15(20)9-16(10)18(19)17-13(4)11(2)8-12(3)14(17)5/h6-9,18H,1-5H3. The molecule has 0 spiro atoms. The van der Waals surface area contributed by atoms with Gasteiger partial charge in [-0.3, -0.25) is 0 Å². The maximum atomic E-state index is 6.17. The fourth-order valence-electron chi connectivity index (χ4n) is 2.67. The van der Waals surface area contributed by atoms with E-state index < -0.39 is 0 Å². The second-order valence-corrected chi connectivity index (χ2v) is 6.89. The summed E-state index contributed by atoms with van der Waals surface area (Å²) in [5.41, 5.74) is 9.26. The number of hydrogen-bond donors (Lipinski definition) is 0. The Morgan fingerprint density at radius 1 is 0.850 bits per heavy atom.